The maximum absolute atomic E-state index is 3.54. The molecule has 0 unspecified atom stereocenters. The first kappa shape index (κ1) is 9.31. The summed E-state index contributed by atoms with van der Waals surface area (Å²) in [5.41, 5.74) is 0.490. The average molecular weight is 217 g/mol. The first-order valence-electron chi connectivity index (χ1n) is 4.34. The molecule has 0 heterocycles. The van der Waals surface area contributed by atoms with Gasteiger partial charge in [-0.15, -0.1) is 0 Å². The standard InChI is InChI=1S/C10H17Br/c1-10(2,3)8-4-6-9(11)7-5-8/h6,8H,4-5,7H2,1-3H3/t8-/m1/s1. The van der Waals surface area contributed by atoms with Gasteiger partial charge >= 0.3 is 0 Å². The van der Waals surface area contributed by atoms with Crippen LogP contribution in [0.2, 0.25) is 0 Å². The molecule has 0 amide bonds. The van der Waals surface area contributed by atoms with Crippen molar-refractivity contribution in [1.29, 1.82) is 0 Å². The Balaban J connectivity index is 2.54. The van der Waals surface area contributed by atoms with E-state index >= 15 is 0 Å². The molecule has 0 N–H and O–H groups in total. The molecular formula is C10H17Br. The molecule has 1 rings (SSSR count). The van der Waals surface area contributed by atoms with E-state index in [0.717, 1.165) is 5.92 Å². The summed E-state index contributed by atoms with van der Waals surface area (Å²) in [5, 5.41) is 0. The van der Waals surface area contributed by atoms with E-state index in [9.17, 15) is 0 Å². The topological polar surface area (TPSA) is 0 Å². The maximum Gasteiger partial charge on any atom is -0.00890 e. The lowest BCUT2D eigenvalue weighted by Crippen LogP contribution is -2.21. The fraction of sp³-hybridized carbons (Fsp3) is 0.800. The molecule has 0 aromatic heterocycles. The molecule has 1 aliphatic carbocycles. The van der Waals surface area contributed by atoms with E-state index in [1.54, 1.807) is 0 Å². The zero-order valence-electron chi connectivity index (χ0n) is 7.65. The normalized spacial score (nSPS) is 26.5. The van der Waals surface area contributed by atoms with E-state index in [4.69, 9.17) is 0 Å². The van der Waals surface area contributed by atoms with Crippen molar-refractivity contribution in [1.82, 2.24) is 0 Å². The summed E-state index contributed by atoms with van der Waals surface area (Å²) in [5.74, 6) is 0.879. The van der Waals surface area contributed by atoms with Gasteiger partial charge in [-0.1, -0.05) is 42.8 Å². The van der Waals surface area contributed by atoms with Crippen molar-refractivity contribution in [3.8, 4) is 0 Å². The van der Waals surface area contributed by atoms with Crippen LogP contribution < -0.4 is 0 Å². The number of allylic oxidation sites excluding steroid dienone is 2. The highest BCUT2D eigenvalue weighted by Gasteiger charge is 2.25. The molecule has 0 aromatic rings. The van der Waals surface area contributed by atoms with Gasteiger partial charge in [-0.3, -0.25) is 0 Å². The second-order valence-corrected chi connectivity index (χ2v) is 5.51. The summed E-state index contributed by atoms with van der Waals surface area (Å²) >= 11 is 3.54. The van der Waals surface area contributed by atoms with E-state index in [1.807, 2.05) is 0 Å². The molecule has 0 nitrogen and oxygen atoms in total. The van der Waals surface area contributed by atoms with E-state index < -0.39 is 0 Å². The van der Waals surface area contributed by atoms with Gasteiger partial charge in [-0.05, 0) is 35.1 Å². The van der Waals surface area contributed by atoms with Gasteiger partial charge in [-0.2, -0.15) is 0 Å². The number of halogens is 1. The van der Waals surface area contributed by atoms with Gasteiger partial charge < -0.3 is 0 Å². The molecule has 1 atom stereocenters. The summed E-state index contributed by atoms with van der Waals surface area (Å²) in [6.07, 6.45) is 6.17. The Morgan fingerprint density at radius 3 is 2.45 bits per heavy atom. The van der Waals surface area contributed by atoms with Crippen LogP contribution in [0.3, 0.4) is 0 Å². The SMILES string of the molecule is CC(C)(C)[C@@H]1CC=C(Br)CC1. The predicted molar refractivity (Wildman–Crippen MR) is 53.8 cm³/mol. The quantitative estimate of drug-likeness (QED) is 0.572. The molecule has 0 fully saturated rings. The van der Waals surface area contributed by atoms with Crippen molar-refractivity contribution < 1.29 is 0 Å². The van der Waals surface area contributed by atoms with E-state index in [0.29, 0.717) is 5.41 Å². The smallest absolute Gasteiger partial charge is 0.00890 e. The highest BCUT2D eigenvalue weighted by Crippen LogP contribution is 2.38. The number of rotatable bonds is 0. The molecule has 0 aliphatic heterocycles. The molecule has 1 aliphatic rings. The van der Waals surface area contributed by atoms with Gasteiger partial charge in [0.1, 0.15) is 0 Å². The Bertz CT molecular complexity index is 162. The van der Waals surface area contributed by atoms with Crippen LogP contribution in [0.5, 0.6) is 0 Å². The van der Waals surface area contributed by atoms with Crippen molar-refractivity contribution in [2.24, 2.45) is 11.3 Å². The molecule has 1 heteroatoms. The lowest BCUT2D eigenvalue weighted by atomic mass is 9.74. The third-order valence-corrected chi connectivity index (χ3v) is 3.30. The Kier molecular flexibility index (Phi) is 2.79. The molecule has 0 radical (unpaired) electrons. The van der Waals surface area contributed by atoms with Crippen molar-refractivity contribution in [2.45, 2.75) is 40.0 Å². The second-order valence-electron chi connectivity index (χ2n) is 4.49. The van der Waals surface area contributed by atoms with E-state index in [2.05, 4.69) is 42.8 Å². The van der Waals surface area contributed by atoms with Gasteiger partial charge in [0, 0.05) is 0 Å². The first-order valence-corrected chi connectivity index (χ1v) is 5.14. The summed E-state index contributed by atoms with van der Waals surface area (Å²) in [4.78, 5) is 0. The minimum atomic E-state index is 0.490. The van der Waals surface area contributed by atoms with Crippen LogP contribution in [0.25, 0.3) is 0 Å². The van der Waals surface area contributed by atoms with E-state index in [-0.39, 0.29) is 0 Å². The lowest BCUT2D eigenvalue weighted by Gasteiger charge is -2.32. The van der Waals surface area contributed by atoms with Crippen molar-refractivity contribution in [3.05, 3.63) is 10.6 Å². The first-order chi connectivity index (χ1) is 5.00. The largest absolute Gasteiger partial charge is 0.0741 e. The molecule has 64 valence electrons. The van der Waals surface area contributed by atoms with Crippen LogP contribution in [-0.4, -0.2) is 0 Å². The van der Waals surface area contributed by atoms with Crippen LogP contribution >= 0.6 is 15.9 Å². The van der Waals surface area contributed by atoms with Gasteiger partial charge in [0.05, 0.1) is 0 Å². The minimum Gasteiger partial charge on any atom is -0.0741 e. The Hall–Kier alpha value is 0.220. The van der Waals surface area contributed by atoms with Crippen LogP contribution in [-0.2, 0) is 0 Å². The molecule has 0 saturated heterocycles. The van der Waals surface area contributed by atoms with E-state index in [1.165, 1.54) is 23.7 Å². The van der Waals surface area contributed by atoms with Gasteiger partial charge in [0.25, 0.3) is 0 Å². The molecule has 0 saturated carbocycles. The lowest BCUT2D eigenvalue weighted by molar-refractivity contribution is 0.223. The maximum atomic E-state index is 3.54. The zero-order chi connectivity index (χ0) is 8.48. The summed E-state index contributed by atoms with van der Waals surface area (Å²) in [6.45, 7) is 7.01. The minimum absolute atomic E-state index is 0.490. The summed E-state index contributed by atoms with van der Waals surface area (Å²) in [6, 6.07) is 0. The second kappa shape index (κ2) is 3.30. The van der Waals surface area contributed by atoms with Crippen molar-refractivity contribution in [3.63, 3.8) is 0 Å². The number of hydrogen-bond acceptors (Lipinski definition) is 0. The third-order valence-electron chi connectivity index (χ3n) is 2.58. The Morgan fingerprint density at radius 2 is 2.09 bits per heavy atom. The Morgan fingerprint density at radius 1 is 1.45 bits per heavy atom. The van der Waals surface area contributed by atoms with Crippen LogP contribution in [0, 0.1) is 11.3 Å². The highest BCUT2D eigenvalue weighted by molar-refractivity contribution is 9.11. The molecule has 0 aromatic carbocycles. The molecule has 0 bridgehead atoms. The van der Waals surface area contributed by atoms with Crippen LogP contribution in [0.4, 0.5) is 0 Å². The predicted octanol–water partition coefficient (Wildman–Crippen LogP) is 4.11. The molecule has 11 heavy (non-hydrogen) atoms. The van der Waals surface area contributed by atoms with Gasteiger partial charge in [0.2, 0.25) is 0 Å². The molecular weight excluding hydrogens is 200 g/mol. The van der Waals surface area contributed by atoms with Crippen molar-refractivity contribution in [2.75, 3.05) is 0 Å². The molecule has 0 spiro atoms. The van der Waals surface area contributed by atoms with Gasteiger partial charge in [0.15, 0.2) is 0 Å². The third kappa shape index (κ3) is 2.62. The monoisotopic (exact) mass is 216 g/mol. The summed E-state index contributed by atoms with van der Waals surface area (Å²) < 4.78 is 1.40. The van der Waals surface area contributed by atoms with Crippen molar-refractivity contribution >= 4 is 15.9 Å². The van der Waals surface area contributed by atoms with Gasteiger partial charge in [-0.25, -0.2) is 0 Å². The van der Waals surface area contributed by atoms with Crippen LogP contribution in [0.15, 0.2) is 10.6 Å². The average Bonchev–Trinajstić information content (AvgIpc) is 1.86. The zero-order valence-corrected chi connectivity index (χ0v) is 9.24. The Labute approximate surface area is 78.2 Å². The van der Waals surface area contributed by atoms with Crippen LogP contribution in [0.1, 0.15) is 40.0 Å². The fourth-order valence-corrected chi connectivity index (χ4v) is 2.00. The highest BCUT2D eigenvalue weighted by atomic mass is 79.9. The summed E-state index contributed by atoms with van der Waals surface area (Å²) in [7, 11) is 0. The number of hydrogen-bond donors (Lipinski definition) is 0. The fourth-order valence-electron chi connectivity index (χ4n) is 1.59.